The summed E-state index contributed by atoms with van der Waals surface area (Å²) in [6.45, 7) is 1.86. The number of aryl methyl sites for hydroxylation is 1. The molecule has 0 fully saturated rings. The number of rotatable bonds is 4. The largest absolute Gasteiger partial charge is 0.389 e. The van der Waals surface area contributed by atoms with Crippen molar-refractivity contribution in [3.05, 3.63) is 40.9 Å². The monoisotopic (exact) mass is 313 g/mol. The molecule has 0 saturated carbocycles. The van der Waals surface area contributed by atoms with Crippen LogP contribution in [0.4, 0.5) is 5.82 Å². The number of thiocarbonyl (C=S) groups is 1. The van der Waals surface area contributed by atoms with E-state index in [1.807, 2.05) is 6.92 Å². The van der Waals surface area contributed by atoms with E-state index in [-0.39, 0.29) is 15.0 Å². The fraction of sp³-hybridized carbons (Fsp3) is 0.0909. The molecular weight excluding hydrogens is 302 g/mol. The molecule has 0 aliphatic rings. The topological polar surface area (TPSA) is 85.1 Å². The van der Waals surface area contributed by atoms with Gasteiger partial charge in [-0.1, -0.05) is 12.2 Å². The maximum atomic E-state index is 12.1. The molecule has 0 amide bonds. The number of nitrogens with one attached hydrogen (secondary N) is 1. The van der Waals surface area contributed by atoms with E-state index in [4.69, 9.17) is 18.0 Å². The molecule has 2 rings (SSSR count). The molecular formula is C11H11N3O2S3. The molecule has 0 saturated heterocycles. The lowest BCUT2D eigenvalue weighted by molar-refractivity contribution is 0.603. The molecule has 8 heteroatoms. The predicted octanol–water partition coefficient (Wildman–Crippen LogP) is 1.89. The van der Waals surface area contributed by atoms with Crippen molar-refractivity contribution >= 4 is 44.4 Å². The van der Waals surface area contributed by atoms with Crippen LogP contribution in [0.25, 0.3) is 0 Å². The SMILES string of the molecule is Cc1ccnc(NS(=O)(=O)c2ccc(C(N)=S)s2)c1. The number of anilines is 1. The Kier molecular flexibility index (Phi) is 3.83. The Morgan fingerprint density at radius 2 is 2.16 bits per heavy atom. The van der Waals surface area contributed by atoms with Gasteiger partial charge in [-0.15, -0.1) is 11.3 Å². The average Bonchev–Trinajstić information content (AvgIpc) is 2.78. The Morgan fingerprint density at radius 3 is 2.74 bits per heavy atom. The second kappa shape index (κ2) is 5.24. The van der Waals surface area contributed by atoms with Gasteiger partial charge < -0.3 is 5.73 Å². The van der Waals surface area contributed by atoms with Crippen LogP contribution in [-0.4, -0.2) is 18.4 Å². The van der Waals surface area contributed by atoms with E-state index in [9.17, 15) is 8.42 Å². The van der Waals surface area contributed by atoms with Gasteiger partial charge in [0.05, 0.1) is 4.88 Å². The van der Waals surface area contributed by atoms with Gasteiger partial charge in [0, 0.05) is 6.20 Å². The average molecular weight is 313 g/mol. The highest BCUT2D eigenvalue weighted by Crippen LogP contribution is 2.23. The number of thiophene rings is 1. The van der Waals surface area contributed by atoms with Crippen molar-refractivity contribution in [3.8, 4) is 0 Å². The summed E-state index contributed by atoms with van der Waals surface area (Å²) in [5.74, 6) is 0.283. The maximum Gasteiger partial charge on any atom is 0.272 e. The van der Waals surface area contributed by atoms with Crippen LogP contribution in [0.2, 0.25) is 0 Å². The minimum atomic E-state index is -3.65. The summed E-state index contributed by atoms with van der Waals surface area (Å²) in [7, 11) is -3.65. The van der Waals surface area contributed by atoms with Crippen LogP contribution in [0, 0.1) is 6.92 Å². The lowest BCUT2D eigenvalue weighted by Gasteiger charge is -2.05. The maximum absolute atomic E-state index is 12.1. The number of nitrogens with zero attached hydrogens (tertiary/aromatic N) is 1. The van der Waals surface area contributed by atoms with Gasteiger partial charge in [-0.2, -0.15) is 0 Å². The summed E-state index contributed by atoms with van der Waals surface area (Å²) in [4.78, 5) is 4.70. The van der Waals surface area contributed by atoms with Gasteiger partial charge in [0.1, 0.15) is 15.0 Å². The first-order valence-electron chi connectivity index (χ1n) is 5.23. The van der Waals surface area contributed by atoms with Crippen LogP contribution < -0.4 is 10.5 Å². The Bertz CT molecular complexity index is 722. The molecule has 0 aliphatic heterocycles. The highest BCUT2D eigenvalue weighted by atomic mass is 32.2. The van der Waals surface area contributed by atoms with E-state index in [0.717, 1.165) is 16.9 Å². The molecule has 2 aromatic rings. The van der Waals surface area contributed by atoms with Crippen molar-refractivity contribution in [3.63, 3.8) is 0 Å². The predicted molar refractivity (Wildman–Crippen MR) is 80.0 cm³/mol. The summed E-state index contributed by atoms with van der Waals surface area (Å²) in [6.07, 6.45) is 1.54. The van der Waals surface area contributed by atoms with E-state index in [1.165, 1.54) is 6.07 Å². The molecule has 0 bridgehead atoms. The minimum absolute atomic E-state index is 0.151. The second-order valence-electron chi connectivity index (χ2n) is 3.81. The van der Waals surface area contributed by atoms with Crippen LogP contribution in [0.1, 0.15) is 10.4 Å². The standard InChI is InChI=1S/C11H11N3O2S3/c1-7-4-5-13-9(6-7)14-19(15,16)10-3-2-8(18-10)11(12)17/h2-6H,1H3,(H2,12,17)(H,13,14). The Labute approximate surface area is 120 Å². The summed E-state index contributed by atoms with van der Waals surface area (Å²) in [6, 6.07) is 6.50. The van der Waals surface area contributed by atoms with E-state index >= 15 is 0 Å². The van der Waals surface area contributed by atoms with Crippen molar-refractivity contribution in [2.24, 2.45) is 5.73 Å². The van der Waals surface area contributed by atoms with Gasteiger partial charge in [0.15, 0.2) is 0 Å². The number of pyridine rings is 1. The summed E-state index contributed by atoms with van der Waals surface area (Å²) >= 11 is 5.83. The molecule has 19 heavy (non-hydrogen) atoms. The number of hydrogen-bond donors (Lipinski definition) is 2. The smallest absolute Gasteiger partial charge is 0.272 e. The first-order valence-corrected chi connectivity index (χ1v) is 7.94. The molecule has 2 heterocycles. The van der Waals surface area contributed by atoms with Crippen LogP contribution in [0.15, 0.2) is 34.7 Å². The number of nitrogens with two attached hydrogens (primary N) is 1. The van der Waals surface area contributed by atoms with E-state index in [2.05, 4.69) is 9.71 Å². The molecule has 0 radical (unpaired) electrons. The Morgan fingerprint density at radius 1 is 1.42 bits per heavy atom. The molecule has 5 nitrogen and oxygen atoms in total. The zero-order chi connectivity index (χ0) is 14.0. The summed E-state index contributed by atoms with van der Waals surface area (Å²) in [5.41, 5.74) is 6.38. The van der Waals surface area contributed by atoms with E-state index in [1.54, 1.807) is 24.4 Å². The van der Waals surface area contributed by atoms with Gasteiger partial charge >= 0.3 is 0 Å². The Balaban J connectivity index is 2.29. The van der Waals surface area contributed by atoms with Crippen LogP contribution >= 0.6 is 23.6 Å². The van der Waals surface area contributed by atoms with E-state index in [0.29, 0.717) is 4.88 Å². The number of sulfonamides is 1. The first kappa shape index (κ1) is 13.9. The molecule has 0 spiro atoms. The van der Waals surface area contributed by atoms with Crippen LogP contribution in [0.3, 0.4) is 0 Å². The van der Waals surface area contributed by atoms with Crippen LogP contribution in [0.5, 0.6) is 0 Å². The highest BCUT2D eigenvalue weighted by Gasteiger charge is 2.18. The van der Waals surface area contributed by atoms with Gasteiger partial charge in [-0.25, -0.2) is 13.4 Å². The zero-order valence-corrected chi connectivity index (χ0v) is 12.4. The van der Waals surface area contributed by atoms with Crippen molar-refractivity contribution in [1.82, 2.24) is 4.98 Å². The normalized spacial score (nSPS) is 11.2. The molecule has 3 N–H and O–H groups in total. The van der Waals surface area contributed by atoms with Crippen molar-refractivity contribution < 1.29 is 8.42 Å². The molecule has 0 unspecified atom stereocenters. The van der Waals surface area contributed by atoms with Crippen molar-refractivity contribution in [1.29, 1.82) is 0 Å². The van der Waals surface area contributed by atoms with Crippen molar-refractivity contribution in [2.75, 3.05) is 4.72 Å². The van der Waals surface area contributed by atoms with Gasteiger partial charge in [0.2, 0.25) is 0 Å². The second-order valence-corrected chi connectivity index (χ2v) is 7.24. The van der Waals surface area contributed by atoms with Crippen LogP contribution in [-0.2, 0) is 10.0 Å². The lowest BCUT2D eigenvalue weighted by Crippen LogP contribution is -2.12. The first-order chi connectivity index (χ1) is 8.88. The van der Waals surface area contributed by atoms with Crippen molar-refractivity contribution in [2.45, 2.75) is 11.1 Å². The third-order valence-corrected chi connectivity index (χ3v) is 5.56. The number of aromatic nitrogens is 1. The molecule has 100 valence electrons. The molecule has 0 aliphatic carbocycles. The quantitative estimate of drug-likeness (QED) is 0.842. The summed E-state index contributed by atoms with van der Waals surface area (Å²) in [5, 5.41) is 0. The van der Waals surface area contributed by atoms with E-state index < -0.39 is 10.0 Å². The minimum Gasteiger partial charge on any atom is -0.389 e. The van der Waals surface area contributed by atoms with Gasteiger partial charge in [0.25, 0.3) is 10.0 Å². The highest BCUT2D eigenvalue weighted by molar-refractivity contribution is 7.94. The van der Waals surface area contributed by atoms with Gasteiger partial charge in [-0.05, 0) is 36.8 Å². The lowest BCUT2D eigenvalue weighted by atomic mass is 10.3. The Hall–Kier alpha value is -1.51. The zero-order valence-electron chi connectivity index (χ0n) is 9.95. The van der Waals surface area contributed by atoms with Gasteiger partial charge in [-0.3, -0.25) is 4.72 Å². The third-order valence-electron chi connectivity index (χ3n) is 2.24. The molecule has 0 atom stereocenters. The number of hydrogen-bond acceptors (Lipinski definition) is 5. The third kappa shape index (κ3) is 3.28. The fourth-order valence-electron chi connectivity index (χ4n) is 1.38. The molecule has 2 aromatic heterocycles. The molecule has 0 aromatic carbocycles. The summed E-state index contributed by atoms with van der Waals surface area (Å²) < 4.78 is 26.8. The fourth-order valence-corrected chi connectivity index (χ4v) is 3.73.